The summed E-state index contributed by atoms with van der Waals surface area (Å²) in [5.74, 6) is -0.250. The number of aryl methyl sites for hydroxylation is 1. The van der Waals surface area contributed by atoms with E-state index in [-0.39, 0.29) is 11.7 Å². The van der Waals surface area contributed by atoms with Crippen molar-refractivity contribution in [1.82, 2.24) is 4.98 Å². The number of H-pyrrole nitrogens is 1. The minimum Gasteiger partial charge on any atom is -0.358 e. The van der Waals surface area contributed by atoms with Crippen molar-refractivity contribution in [2.45, 2.75) is 13.8 Å². The lowest BCUT2D eigenvalue weighted by Crippen LogP contribution is -2.13. The molecule has 2 aromatic carbocycles. The van der Waals surface area contributed by atoms with E-state index in [9.17, 15) is 9.59 Å². The fourth-order valence-electron chi connectivity index (χ4n) is 2.60. The standard InChI is InChI=1S/C18H15ClN2O2/c1-10-16(17-14(19)4-3-5-15(17)20-10)18(23)21-13-8-6-12(7-9-13)11(2)22/h3-9,20H,1-2H3,(H,21,23). The van der Waals surface area contributed by atoms with E-state index in [1.807, 2.05) is 19.1 Å². The number of amides is 1. The van der Waals surface area contributed by atoms with Gasteiger partial charge in [-0.05, 0) is 50.2 Å². The van der Waals surface area contributed by atoms with E-state index in [0.717, 1.165) is 11.2 Å². The summed E-state index contributed by atoms with van der Waals surface area (Å²) >= 11 is 6.24. The maximum Gasteiger partial charge on any atom is 0.258 e. The van der Waals surface area contributed by atoms with Gasteiger partial charge in [0.05, 0.1) is 10.6 Å². The topological polar surface area (TPSA) is 62.0 Å². The number of hydrogen-bond acceptors (Lipinski definition) is 2. The van der Waals surface area contributed by atoms with Crippen LogP contribution in [0.1, 0.15) is 33.3 Å². The van der Waals surface area contributed by atoms with Crippen molar-refractivity contribution in [3.8, 4) is 0 Å². The molecule has 116 valence electrons. The number of hydrogen-bond donors (Lipinski definition) is 2. The molecule has 0 atom stereocenters. The SMILES string of the molecule is CC(=O)c1ccc(NC(=O)c2c(C)[nH]c3cccc(Cl)c23)cc1. The van der Waals surface area contributed by atoms with E-state index in [1.54, 1.807) is 30.3 Å². The van der Waals surface area contributed by atoms with Gasteiger partial charge in [0.15, 0.2) is 5.78 Å². The van der Waals surface area contributed by atoms with Crippen molar-refractivity contribution >= 4 is 39.9 Å². The zero-order valence-corrected chi connectivity index (χ0v) is 13.5. The summed E-state index contributed by atoms with van der Waals surface area (Å²) in [6.07, 6.45) is 0. The number of anilines is 1. The molecule has 0 saturated carbocycles. The van der Waals surface area contributed by atoms with Crippen LogP contribution < -0.4 is 5.32 Å². The Balaban J connectivity index is 1.95. The van der Waals surface area contributed by atoms with E-state index < -0.39 is 0 Å². The smallest absolute Gasteiger partial charge is 0.258 e. The lowest BCUT2D eigenvalue weighted by molar-refractivity contribution is 0.101. The number of fused-ring (bicyclic) bond motifs is 1. The molecule has 4 nitrogen and oxygen atoms in total. The number of aromatic amines is 1. The minimum absolute atomic E-state index is 0.0119. The summed E-state index contributed by atoms with van der Waals surface area (Å²) in [6, 6.07) is 12.3. The van der Waals surface area contributed by atoms with Crippen molar-refractivity contribution in [1.29, 1.82) is 0 Å². The maximum atomic E-state index is 12.6. The average Bonchev–Trinajstić information content (AvgIpc) is 2.85. The van der Waals surface area contributed by atoms with Crippen molar-refractivity contribution in [2.75, 3.05) is 5.32 Å². The molecule has 0 aliphatic carbocycles. The Labute approximate surface area is 138 Å². The quantitative estimate of drug-likeness (QED) is 0.692. The van der Waals surface area contributed by atoms with Crippen LogP contribution in [0, 0.1) is 6.92 Å². The number of halogens is 1. The Morgan fingerprint density at radius 1 is 1.09 bits per heavy atom. The lowest BCUT2D eigenvalue weighted by atomic mass is 10.1. The molecular formula is C18H15ClN2O2. The number of nitrogens with one attached hydrogen (secondary N) is 2. The molecule has 1 heterocycles. The van der Waals surface area contributed by atoms with Crippen LogP contribution in [0.2, 0.25) is 5.02 Å². The maximum absolute atomic E-state index is 12.6. The van der Waals surface area contributed by atoms with Gasteiger partial charge in [-0.15, -0.1) is 0 Å². The van der Waals surface area contributed by atoms with Crippen LogP contribution in [-0.4, -0.2) is 16.7 Å². The highest BCUT2D eigenvalue weighted by Crippen LogP contribution is 2.29. The van der Waals surface area contributed by atoms with Crippen LogP contribution in [0.3, 0.4) is 0 Å². The molecule has 0 fully saturated rings. The molecule has 0 radical (unpaired) electrons. The molecule has 1 amide bonds. The molecule has 2 N–H and O–H groups in total. The summed E-state index contributed by atoms with van der Waals surface area (Å²) in [4.78, 5) is 27.1. The van der Waals surface area contributed by atoms with Gasteiger partial charge < -0.3 is 10.3 Å². The van der Waals surface area contributed by atoms with Gasteiger partial charge in [0.2, 0.25) is 0 Å². The van der Waals surface area contributed by atoms with Crippen LogP contribution in [0.25, 0.3) is 10.9 Å². The summed E-state index contributed by atoms with van der Waals surface area (Å²) in [6.45, 7) is 3.34. The van der Waals surface area contributed by atoms with E-state index in [4.69, 9.17) is 11.6 Å². The average molecular weight is 327 g/mol. The van der Waals surface area contributed by atoms with Crippen molar-refractivity contribution in [2.24, 2.45) is 0 Å². The van der Waals surface area contributed by atoms with E-state index >= 15 is 0 Å². The highest BCUT2D eigenvalue weighted by atomic mass is 35.5. The van der Waals surface area contributed by atoms with Gasteiger partial charge in [0, 0.05) is 27.8 Å². The summed E-state index contributed by atoms with van der Waals surface area (Å²) in [5.41, 5.74) is 3.34. The van der Waals surface area contributed by atoms with Crippen LogP contribution in [0.4, 0.5) is 5.69 Å². The van der Waals surface area contributed by atoms with Crippen LogP contribution in [-0.2, 0) is 0 Å². The van der Waals surface area contributed by atoms with Crippen LogP contribution in [0.15, 0.2) is 42.5 Å². The molecule has 23 heavy (non-hydrogen) atoms. The third-order valence-corrected chi connectivity index (χ3v) is 4.05. The second-order valence-electron chi connectivity index (χ2n) is 5.38. The molecule has 0 spiro atoms. The van der Waals surface area contributed by atoms with Gasteiger partial charge in [-0.2, -0.15) is 0 Å². The van der Waals surface area contributed by atoms with Crippen molar-refractivity contribution in [3.63, 3.8) is 0 Å². The Morgan fingerprint density at radius 2 is 1.78 bits per heavy atom. The molecule has 1 aromatic heterocycles. The first-order valence-corrected chi connectivity index (χ1v) is 7.54. The molecule has 5 heteroatoms. The Hall–Kier alpha value is -2.59. The second kappa shape index (κ2) is 5.89. The summed E-state index contributed by atoms with van der Waals surface area (Å²) < 4.78 is 0. The molecule has 0 saturated heterocycles. The molecular weight excluding hydrogens is 312 g/mol. The molecule has 3 aromatic rings. The fourth-order valence-corrected chi connectivity index (χ4v) is 2.87. The third kappa shape index (κ3) is 2.85. The number of carbonyl (C=O) groups is 2. The normalized spacial score (nSPS) is 10.7. The van der Waals surface area contributed by atoms with Crippen LogP contribution >= 0.6 is 11.6 Å². The molecule has 0 bridgehead atoms. The van der Waals surface area contributed by atoms with Gasteiger partial charge >= 0.3 is 0 Å². The van der Waals surface area contributed by atoms with Gasteiger partial charge in [0.1, 0.15) is 0 Å². The lowest BCUT2D eigenvalue weighted by Gasteiger charge is -2.07. The van der Waals surface area contributed by atoms with Crippen molar-refractivity contribution in [3.05, 3.63) is 64.3 Å². The van der Waals surface area contributed by atoms with Gasteiger partial charge in [-0.25, -0.2) is 0 Å². The predicted octanol–water partition coefficient (Wildman–Crippen LogP) is 4.58. The predicted molar refractivity (Wildman–Crippen MR) is 92.4 cm³/mol. The van der Waals surface area contributed by atoms with E-state index in [1.165, 1.54) is 6.92 Å². The monoisotopic (exact) mass is 326 g/mol. The fraction of sp³-hybridized carbons (Fsp3) is 0.111. The molecule has 3 rings (SSSR count). The van der Waals surface area contributed by atoms with Gasteiger partial charge in [0.25, 0.3) is 5.91 Å². The number of benzene rings is 2. The van der Waals surface area contributed by atoms with Crippen molar-refractivity contribution < 1.29 is 9.59 Å². The first kappa shape index (κ1) is 15.3. The Kier molecular flexibility index (Phi) is 3.92. The largest absolute Gasteiger partial charge is 0.358 e. The third-order valence-electron chi connectivity index (χ3n) is 3.74. The van der Waals surface area contributed by atoms with Gasteiger partial charge in [-0.3, -0.25) is 9.59 Å². The second-order valence-corrected chi connectivity index (χ2v) is 5.78. The Morgan fingerprint density at radius 3 is 2.43 bits per heavy atom. The zero-order valence-electron chi connectivity index (χ0n) is 12.7. The van der Waals surface area contributed by atoms with Gasteiger partial charge in [-0.1, -0.05) is 17.7 Å². The number of ketones is 1. The first-order chi connectivity index (χ1) is 11.0. The van der Waals surface area contributed by atoms with Crippen LogP contribution in [0.5, 0.6) is 0 Å². The van der Waals surface area contributed by atoms with E-state index in [2.05, 4.69) is 10.3 Å². The number of carbonyl (C=O) groups excluding carboxylic acids is 2. The first-order valence-electron chi connectivity index (χ1n) is 7.16. The summed E-state index contributed by atoms with van der Waals surface area (Å²) in [5, 5.41) is 4.09. The number of Topliss-reactive ketones (excluding diaryl/α,β-unsaturated/α-hetero) is 1. The highest BCUT2D eigenvalue weighted by Gasteiger charge is 2.18. The highest BCUT2D eigenvalue weighted by molar-refractivity contribution is 6.37. The molecule has 0 aliphatic rings. The summed E-state index contributed by atoms with van der Waals surface area (Å²) in [7, 11) is 0. The zero-order chi connectivity index (χ0) is 16.6. The molecule has 0 aliphatic heterocycles. The number of rotatable bonds is 3. The Bertz CT molecular complexity index is 911. The number of aromatic nitrogens is 1. The minimum atomic E-state index is -0.238. The van der Waals surface area contributed by atoms with E-state index in [0.29, 0.717) is 27.2 Å². The molecule has 0 unspecified atom stereocenters.